The van der Waals surface area contributed by atoms with Crippen LogP contribution in [0.5, 0.6) is 5.75 Å². The molecule has 1 aromatic heterocycles. The Bertz CT molecular complexity index is 886. The molecule has 3 heterocycles. The molecular formula is C22H28N4O3. The van der Waals surface area contributed by atoms with Crippen molar-refractivity contribution in [3.63, 3.8) is 0 Å². The summed E-state index contributed by atoms with van der Waals surface area (Å²) in [5.74, 6) is 2.15. The number of hydrogen-bond donors (Lipinski definition) is 0. The third-order valence-electron chi connectivity index (χ3n) is 6.14. The van der Waals surface area contributed by atoms with E-state index in [2.05, 4.69) is 9.55 Å². The molecule has 7 heteroatoms. The molecule has 0 spiro atoms. The van der Waals surface area contributed by atoms with E-state index in [0.717, 1.165) is 44.0 Å². The number of benzene rings is 1. The first-order chi connectivity index (χ1) is 14.0. The Labute approximate surface area is 171 Å². The first-order valence-electron chi connectivity index (χ1n) is 10.3. The number of aryl methyl sites for hydroxylation is 1. The van der Waals surface area contributed by atoms with E-state index in [1.807, 2.05) is 48.5 Å². The summed E-state index contributed by atoms with van der Waals surface area (Å²) in [5.41, 5.74) is 0.791. The van der Waals surface area contributed by atoms with Gasteiger partial charge in [0.2, 0.25) is 11.8 Å². The maximum atomic E-state index is 13.0. The van der Waals surface area contributed by atoms with Crippen LogP contribution in [0.1, 0.15) is 25.1 Å². The van der Waals surface area contributed by atoms with Gasteiger partial charge in [-0.25, -0.2) is 4.98 Å². The van der Waals surface area contributed by atoms with Crippen molar-refractivity contribution < 1.29 is 14.3 Å². The van der Waals surface area contributed by atoms with Crippen LogP contribution < -0.4 is 9.64 Å². The van der Waals surface area contributed by atoms with Crippen LogP contribution in [0.15, 0.2) is 36.7 Å². The fraction of sp³-hybridized carbons (Fsp3) is 0.500. The van der Waals surface area contributed by atoms with Crippen LogP contribution in [0, 0.1) is 18.8 Å². The van der Waals surface area contributed by atoms with Crippen LogP contribution in [-0.4, -0.2) is 53.0 Å². The summed E-state index contributed by atoms with van der Waals surface area (Å²) in [6, 6.07) is 7.44. The van der Waals surface area contributed by atoms with Gasteiger partial charge in [-0.1, -0.05) is 6.07 Å². The highest BCUT2D eigenvalue weighted by Crippen LogP contribution is 2.30. The largest absolute Gasteiger partial charge is 0.497 e. The van der Waals surface area contributed by atoms with Crippen molar-refractivity contribution in [1.29, 1.82) is 0 Å². The molecule has 1 atom stereocenters. The summed E-state index contributed by atoms with van der Waals surface area (Å²) in [6.07, 6.45) is 6.11. The molecule has 2 amide bonds. The number of aromatic nitrogens is 2. The van der Waals surface area contributed by atoms with Gasteiger partial charge in [-0.3, -0.25) is 9.59 Å². The molecule has 0 bridgehead atoms. The number of rotatable bonds is 5. The minimum absolute atomic E-state index is 0.00192. The van der Waals surface area contributed by atoms with Gasteiger partial charge in [0.25, 0.3) is 0 Å². The van der Waals surface area contributed by atoms with Gasteiger partial charge < -0.3 is 19.1 Å². The zero-order chi connectivity index (χ0) is 20.4. The van der Waals surface area contributed by atoms with Crippen molar-refractivity contribution in [3.05, 3.63) is 42.5 Å². The predicted molar refractivity (Wildman–Crippen MR) is 110 cm³/mol. The van der Waals surface area contributed by atoms with Crippen molar-refractivity contribution in [2.24, 2.45) is 11.8 Å². The fourth-order valence-corrected chi connectivity index (χ4v) is 4.37. The Hall–Kier alpha value is -2.83. The quantitative estimate of drug-likeness (QED) is 0.779. The average molecular weight is 396 g/mol. The minimum atomic E-state index is -0.263. The average Bonchev–Trinajstić information content (AvgIpc) is 3.33. The molecular weight excluding hydrogens is 368 g/mol. The Morgan fingerprint density at radius 1 is 1.28 bits per heavy atom. The van der Waals surface area contributed by atoms with Gasteiger partial charge in [0.1, 0.15) is 11.6 Å². The van der Waals surface area contributed by atoms with Gasteiger partial charge in [-0.05, 0) is 37.8 Å². The molecule has 2 fully saturated rings. The number of methoxy groups -OCH3 is 1. The number of imidazole rings is 1. The van der Waals surface area contributed by atoms with Crippen molar-refractivity contribution in [1.82, 2.24) is 14.5 Å². The molecule has 0 saturated carbocycles. The number of nitrogens with zero attached hydrogens (tertiary/aromatic N) is 4. The van der Waals surface area contributed by atoms with Crippen LogP contribution in [0.4, 0.5) is 5.69 Å². The molecule has 0 N–H and O–H groups in total. The van der Waals surface area contributed by atoms with Gasteiger partial charge in [0.15, 0.2) is 0 Å². The fourth-order valence-electron chi connectivity index (χ4n) is 4.37. The predicted octanol–water partition coefficient (Wildman–Crippen LogP) is 2.49. The number of anilines is 1. The molecule has 1 unspecified atom stereocenters. The normalized spacial score (nSPS) is 20.3. The van der Waals surface area contributed by atoms with Gasteiger partial charge in [0, 0.05) is 56.7 Å². The van der Waals surface area contributed by atoms with Crippen molar-refractivity contribution in [3.8, 4) is 5.75 Å². The van der Waals surface area contributed by atoms with Crippen LogP contribution in [0.3, 0.4) is 0 Å². The molecule has 4 rings (SSSR count). The topological polar surface area (TPSA) is 67.7 Å². The first kappa shape index (κ1) is 19.5. The molecule has 2 aliphatic heterocycles. The summed E-state index contributed by atoms with van der Waals surface area (Å²) in [6.45, 7) is 4.95. The van der Waals surface area contributed by atoms with Crippen molar-refractivity contribution >= 4 is 17.5 Å². The van der Waals surface area contributed by atoms with Crippen LogP contribution in [0.2, 0.25) is 0 Å². The molecule has 0 radical (unpaired) electrons. The van der Waals surface area contributed by atoms with Gasteiger partial charge in [-0.15, -0.1) is 0 Å². The Kier molecular flexibility index (Phi) is 5.56. The number of carbonyl (C=O) groups is 2. The maximum Gasteiger partial charge on any atom is 0.228 e. The minimum Gasteiger partial charge on any atom is -0.497 e. The number of amides is 2. The molecule has 29 heavy (non-hydrogen) atoms. The van der Waals surface area contributed by atoms with Crippen LogP contribution >= 0.6 is 0 Å². The monoisotopic (exact) mass is 396 g/mol. The zero-order valence-electron chi connectivity index (χ0n) is 17.1. The van der Waals surface area contributed by atoms with Crippen LogP contribution in [0.25, 0.3) is 0 Å². The number of hydrogen-bond acceptors (Lipinski definition) is 4. The number of carbonyl (C=O) groups excluding carboxylic acids is 2. The SMILES string of the molecule is COc1cccc(N2CC(C(=O)N3CCC(Cn4ccnc4C)CC3)CC2=O)c1. The van der Waals surface area contributed by atoms with E-state index < -0.39 is 0 Å². The third-order valence-corrected chi connectivity index (χ3v) is 6.14. The second kappa shape index (κ2) is 8.27. The summed E-state index contributed by atoms with van der Waals surface area (Å²) < 4.78 is 7.44. The van der Waals surface area contributed by atoms with E-state index in [9.17, 15) is 9.59 Å². The first-order valence-corrected chi connectivity index (χ1v) is 10.3. The van der Waals surface area contributed by atoms with E-state index in [0.29, 0.717) is 18.2 Å². The standard InChI is InChI=1S/C22H28N4O3/c1-16-23-8-11-25(16)14-17-6-9-24(10-7-17)22(28)18-12-21(27)26(15-18)19-4-3-5-20(13-19)29-2/h3-5,8,11,13,17-18H,6-7,9-10,12,14-15H2,1-2H3. The van der Waals surface area contributed by atoms with E-state index in [-0.39, 0.29) is 24.2 Å². The van der Waals surface area contributed by atoms with E-state index in [1.54, 1.807) is 12.0 Å². The Morgan fingerprint density at radius 2 is 2.07 bits per heavy atom. The molecule has 0 aliphatic carbocycles. The lowest BCUT2D eigenvalue weighted by atomic mass is 9.95. The smallest absolute Gasteiger partial charge is 0.228 e. The molecule has 2 aliphatic rings. The number of piperidine rings is 1. The lowest BCUT2D eigenvalue weighted by molar-refractivity contribution is -0.137. The van der Waals surface area contributed by atoms with E-state index in [1.165, 1.54) is 0 Å². The van der Waals surface area contributed by atoms with E-state index >= 15 is 0 Å². The lowest BCUT2D eigenvalue weighted by Crippen LogP contribution is -2.43. The molecule has 2 saturated heterocycles. The molecule has 1 aromatic carbocycles. The van der Waals surface area contributed by atoms with Crippen molar-refractivity contribution in [2.45, 2.75) is 32.7 Å². The summed E-state index contributed by atoms with van der Waals surface area (Å²) in [5, 5.41) is 0. The highest BCUT2D eigenvalue weighted by Gasteiger charge is 2.38. The summed E-state index contributed by atoms with van der Waals surface area (Å²) in [7, 11) is 1.61. The summed E-state index contributed by atoms with van der Waals surface area (Å²) in [4.78, 5) is 33.5. The second-order valence-corrected chi connectivity index (χ2v) is 8.00. The molecule has 7 nitrogen and oxygen atoms in total. The molecule has 154 valence electrons. The van der Waals surface area contributed by atoms with Crippen molar-refractivity contribution in [2.75, 3.05) is 31.6 Å². The summed E-state index contributed by atoms with van der Waals surface area (Å²) >= 11 is 0. The van der Waals surface area contributed by atoms with Gasteiger partial charge in [-0.2, -0.15) is 0 Å². The third kappa shape index (κ3) is 4.13. The lowest BCUT2D eigenvalue weighted by Gasteiger charge is -2.33. The second-order valence-electron chi connectivity index (χ2n) is 8.00. The highest BCUT2D eigenvalue weighted by molar-refractivity contribution is 6.00. The Morgan fingerprint density at radius 3 is 2.76 bits per heavy atom. The Balaban J connectivity index is 1.33. The van der Waals surface area contributed by atoms with Gasteiger partial charge in [0.05, 0.1) is 13.0 Å². The maximum absolute atomic E-state index is 13.0. The van der Waals surface area contributed by atoms with Gasteiger partial charge >= 0.3 is 0 Å². The molecule has 2 aromatic rings. The highest BCUT2D eigenvalue weighted by atomic mass is 16.5. The van der Waals surface area contributed by atoms with Crippen LogP contribution in [-0.2, 0) is 16.1 Å². The zero-order valence-corrected chi connectivity index (χ0v) is 17.1. The number of ether oxygens (including phenoxy) is 1. The van der Waals surface area contributed by atoms with E-state index in [4.69, 9.17) is 4.74 Å². The number of likely N-dealkylation sites (tertiary alicyclic amines) is 1.